The number of pyridine rings is 1. The molecule has 1 aliphatic carbocycles. The largest absolute Gasteiger partial charge is 0.489 e. The van der Waals surface area contributed by atoms with Crippen molar-refractivity contribution in [3.63, 3.8) is 0 Å². The Morgan fingerprint density at radius 2 is 2.11 bits per heavy atom. The van der Waals surface area contributed by atoms with Crippen molar-refractivity contribution >= 4 is 18.0 Å². The number of aliphatic hydroxyl groups excluding tert-OH is 1. The smallest absolute Gasteiger partial charge is 0.290 e. The molecule has 2 heterocycles. The van der Waals surface area contributed by atoms with Crippen molar-refractivity contribution in [1.82, 2.24) is 14.7 Å². The third kappa shape index (κ3) is 5.43. The topological polar surface area (TPSA) is 113 Å². The Kier molecular flexibility index (Phi) is 8.06. The number of imidazole rings is 1. The van der Waals surface area contributed by atoms with Gasteiger partial charge in [-0.3, -0.25) is 14.0 Å². The van der Waals surface area contributed by atoms with Crippen molar-refractivity contribution in [2.45, 2.75) is 39.0 Å². The molecule has 27 heavy (non-hydrogen) atoms. The summed E-state index contributed by atoms with van der Waals surface area (Å²) in [7, 11) is 0. The lowest BCUT2D eigenvalue weighted by Gasteiger charge is -2.21. The molecule has 1 aliphatic rings. The van der Waals surface area contributed by atoms with Crippen LogP contribution >= 0.6 is 0 Å². The second kappa shape index (κ2) is 10.5. The summed E-state index contributed by atoms with van der Waals surface area (Å²) in [5.41, 5.74) is 1.81. The first-order valence-electron chi connectivity index (χ1n) is 9.19. The molecule has 3 N–H and O–H groups in total. The quantitative estimate of drug-likeness (QED) is 0.664. The Morgan fingerprint density at radius 1 is 1.41 bits per heavy atom. The van der Waals surface area contributed by atoms with E-state index in [2.05, 4.69) is 10.3 Å². The van der Waals surface area contributed by atoms with Gasteiger partial charge in [-0.05, 0) is 37.8 Å². The van der Waals surface area contributed by atoms with Crippen LogP contribution in [-0.4, -0.2) is 51.7 Å². The minimum atomic E-state index is -0.250. The number of hydrogen-bond acceptors (Lipinski definition) is 5. The van der Waals surface area contributed by atoms with Crippen molar-refractivity contribution in [1.29, 1.82) is 0 Å². The molecule has 1 saturated carbocycles. The number of carboxylic acid groups (broad SMARTS) is 1. The first-order chi connectivity index (χ1) is 13.1. The van der Waals surface area contributed by atoms with Gasteiger partial charge < -0.3 is 20.3 Å². The third-order valence-corrected chi connectivity index (χ3v) is 4.60. The number of aliphatic hydroxyl groups is 1. The zero-order valence-corrected chi connectivity index (χ0v) is 15.6. The molecule has 0 bridgehead atoms. The first kappa shape index (κ1) is 20.7. The number of hydrogen-bond donors (Lipinski definition) is 3. The fraction of sp³-hybridized carbons (Fsp3) is 0.526. The summed E-state index contributed by atoms with van der Waals surface area (Å²) in [5, 5.41) is 18.4. The van der Waals surface area contributed by atoms with E-state index in [1.54, 1.807) is 4.40 Å². The summed E-state index contributed by atoms with van der Waals surface area (Å²) in [6.45, 7) is 2.41. The highest BCUT2D eigenvalue weighted by atomic mass is 16.5. The van der Waals surface area contributed by atoms with Crippen LogP contribution in [0.3, 0.4) is 0 Å². The van der Waals surface area contributed by atoms with Gasteiger partial charge in [0.1, 0.15) is 5.69 Å². The molecule has 8 nitrogen and oxygen atoms in total. The second-order valence-electron chi connectivity index (χ2n) is 6.51. The van der Waals surface area contributed by atoms with Crippen molar-refractivity contribution < 1.29 is 24.5 Å². The summed E-state index contributed by atoms with van der Waals surface area (Å²) in [5.74, 6) is 1.09. The number of amides is 1. The number of rotatable bonds is 6. The van der Waals surface area contributed by atoms with E-state index in [9.17, 15) is 4.79 Å². The predicted molar refractivity (Wildman–Crippen MR) is 100 cm³/mol. The standard InChI is InChI=1S/C18H25N3O3.CH2O2/c1-13-16(18(23)19-9-11-22)21-10-5-8-15(17(21)20-13)24-12-14-6-3-2-4-7-14;2-1-3/h5,8,10,14,22H,2-4,6-7,9,11-12H2,1H3,(H,19,23);1H,(H,2,3). The third-order valence-electron chi connectivity index (χ3n) is 4.60. The van der Waals surface area contributed by atoms with Gasteiger partial charge in [-0.2, -0.15) is 0 Å². The van der Waals surface area contributed by atoms with E-state index in [0.717, 1.165) is 0 Å². The Morgan fingerprint density at radius 3 is 2.78 bits per heavy atom. The molecule has 1 amide bonds. The molecule has 0 spiro atoms. The monoisotopic (exact) mass is 377 g/mol. The Labute approximate surface area is 158 Å². The van der Waals surface area contributed by atoms with Gasteiger partial charge in [0, 0.05) is 12.7 Å². The number of aryl methyl sites for hydroxylation is 1. The van der Waals surface area contributed by atoms with Gasteiger partial charge in [0.25, 0.3) is 12.4 Å². The number of nitrogens with one attached hydrogen (secondary N) is 1. The zero-order chi connectivity index (χ0) is 19.6. The summed E-state index contributed by atoms with van der Waals surface area (Å²) in [6.07, 6.45) is 8.18. The normalized spacial score (nSPS) is 14.3. The van der Waals surface area contributed by atoms with Crippen LogP contribution < -0.4 is 10.1 Å². The molecule has 0 atom stereocenters. The van der Waals surface area contributed by atoms with Crippen LogP contribution in [0, 0.1) is 12.8 Å². The van der Waals surface area contributed by atoms with E-state index < -0.39 is 0 Å². The minimum absolute atomic E-state index is 0.0860. The lowest BCUT2D eigenvalue weighted by atomic mass is 9.90. The summed E-state index contributed by atoms with van der Waals surface area (Å²) in [6, 6.07) is 3.77. The predicted octanol–water partition coefficient (Wildman–Crippen LogP) is 2.02. The van der Waals surface area contributed by atoms with Gasteiger partial charge in [-0.15, -0.1) is 0 Å². The van der Waals surface area contributed by atoms with Crippen molar-refractivity contribution in [2.24, 2.45) is 5.92 Å². The molecule has 2 aromatic rings. The number of nitrogens with zero attached hydrogens (tertiary/aromatic N) is 2. The molecule has 148 valence electrons. The molecular formula is C19H27N3O5. The minimum Gasteiger partial charge on any atom is -0.489 e. The molecule has 0 aliphatic heterocycles. The van der Waals surface area contributed by atoms with E-state index in [0.29, 0.717) is 35.3 Å². The van der Waals surface area contributed by atoms with Gasteiger partial charge in [0.15, 0.2) is 11.4 Å². The maximum Gasteiger partial charge on any atom is 0.290 e. The molecule has 0 saturated heterocycles. The molecule has 0 unspecified atom stereocenters. The number of carbonyl (C=O) groups excluding carboxylic acids is 1. The Hall–Kier alpha value is -2.61. The molecule has 2 aromatic heterocycles. The highest BCUT2D eigenvalue weighted by molar-refractivity contribution is 5.94. The van der Waals surface area contributed by atoms with Crippen LogP contribution in [0.4, 0.5) is 0 Å². The van der Waals surface area contributed by atoms with E-state index >= 15 is 0 Å². The van der Waals surface area contributed by atoms with Crippen molar-refractivity contribution in [3.8, 4) is 5.75 Å². The number of ether oxygens (including phenoxy) is 1. The summed E-state index contributed by atoms with van der Waals surface area (Å²) >= 11 is 0. The molecule has 1 fully saturated rings. The number of carbonyl (C=O) groups is 2. The average molecular weight is 377 g/mol. The molecular weight excluding hydrogens is 350 g/mol. The fourth-order valence-electron chi connectivity index (χ4n) is 3.36. The zero-order valence-electron chi connectivity index (χ0n) is 15.6. The Balaban J connectivity index is 0.000000817. The molecule has 8 heteroatoms. The van der Waals surface area contributed by atoms with E-state index in [4.69, 9.17) is 19.7 Å². The number of fused-ring (bicyclic) bond motifs is 1. The average Bonchev–Trinajstić information content (AvgIpc) is 3.02. The first-order valence-corrected chi connectivity index (χ1v) is 9.19. The van der Waals surface area contributed by atoms with E-state index in [1.165, 1.54) is 32.1 Å². The fourth-order valence-corrected chi connectivity index (χ4v) is 3.36. The van der Waals surface area contributed by atoms with Gasteiger partial charge in [-0.25, -0.2) is 4.98 Å². The maximum atomic E-state index is 12.3. The highest BCUT2D eigenvalue weighted by Crippen LogP contribution is 2.27. The molecule has 0 aromatic carbocycles. The van der Waals surface area contributed by atoms with E-state index in [-0.39, 0.29) is 25.5 Å². The summed E-state index contributed by atoms with van der Waals surface area (Å²) < 4.78 is 7.80. The van der Waals surface area contributed by atoms with Crippen LogP contribution in [-0.2, 0) is 4.79 Å². The number of aromatic nitrogens is 2. The summed E-state index contributed by atoms with van der Waals surface area (Å²) in [4.78, 5) is 25.2. The second-order valence-corrected chi connectivity index (χ2v) is 6.51. The Bertz CT molecular complexity index is 753. The van der Waals surface area contributed by atoms with Gasteiger partial charge in [-0.1, -0.05) is 19.3 Å². The SMILES string of the molecule is Cc1nc2c(OCC3CCCCC3)cccn2c1C(=O)NCCO.O=CO. The van der Waals surface area contributed by atoms with Gasteiger partial charge in [0.2, 0.25) is 0 Å². The van der Waals surface area contributed by atoms with Gasteiger partial charge in [0.05, 0.1) is 18.9 Å². The van der Waals surface area contributed by atoms with Crippen molar-refractivity contribution in [3.05, 3.63) is 29.7 Å². The van der Waals surface area contributed by atoms with Crippen LogP contribution in [0.1, 0.15) is 48.3 Å². The van der Waals surface area contributed by atoms with Crippen LogP contribution in [0.5, 0.6) is 5.75 Å². The van der Waals surface area contributed by atoms with Crippen LogP contribution in [0.2, 0.25) is 0 Å². The van der Waals surface area contributed by atoms with E-state index in [1.807, 2.05) is 25.3 Å². The lowest BCUT2D eigenvalue weighted by Crippen LogP contribution is -2.28. The molecule has 0 radical (unpaired) electrons. The van der Waals surface area contributed by atoms with Crippen molar-refractivity contribution in [2.75, 3.05) is 19.8 Å². The van der Waals surface area contributed by atoms with Crippen LogP contribution in [0.25, 0.3) is 5.65 Å². The van der Waals surface area contributed by atoms with Crippen LogP contribution in [0.15, 0.2) is 18.3 Å². The van der Waals surface area contributed by atoms with Gasteiger partial charge >= 0.3 is 0 Å². The molecule has 3 rings (SSSR count). The highest BCUT2D eigenvalue weighted by Gasteiger charge is 2.19. The lowest BCUT2D eigenvalue weighted by molar-refractivity contribution is -0.122. The maximum absolute atomic E-state index is 12.3.